The van der Waals surface area contributed by atoms with Crippen LogP contribution in [-0.2, 0) is 20.5 Å². The van der Waals surface area contributed by atoms with E-state index in [0.717, 1.165) is 12.1 Å². The highest BCUT2D eigenvalue weighted by molar-refractivity contribution is 6.30. The molecule has 1 heterocycles. The highest BCUT2D eigenvalue weighted by Crippen LogP contribution is 2.28. The lowest BCUT2D eigenvalue weighted by Gasteiger charge is -2.25. The number of carbonyl (C=O) groups is 2. The SMILES string of the molecule is CCCN(CC(=O)Nc1cc(C(C)(C)C)nn1C(C)(C)C)C(=O)C(C)Cl. The molecule has 0 saturated carbocycles. The number of carbonyl (C=O) groups excluding carboxylic acids is 2. The van der Waals surface area contributed by atoms with Gasteiger partial charge in [-0.15, -0.1) is 11.6 Å². The molecule has 0 aliphatic rings. The Kier molecular flexibility index (Phi) is 7.28. The van der Waals surface area contributed by atoms with Crippen LogP contribution < -0.4 is 5.32 Å². The van der Waals surface area contributed by atoms with Crippen LogP contribution in [0.25, 0.3) is 0 Å². The summed E-state index contributed by atoms with van der Waals surface area (Å²) in [6, 6.07) is 1.90. The fourth-order valence-corrected chi connectivity index (χ4v) is 2.63. The maximum atomic E-state index is 12.6. The van der Waals surface area contributed by atoms with Crippen LogP contribution in [0.2, 0.25) is 0 Å². The third-order valence-electron chi connectivity index (χ3n) is 3.86. The Morgan fingerprint density at radius 3 is 2.27 bits per heavy atom. The molecule has 0 aliphatic carbocycles. The van der Waals surface area contributed by atoms with Crippen LogP contribution in [-0.4, -0.2) is 45.0 Å². The lowest BCUT2D eigenvalue weighted by Crippen LogP contribution is -2.42. The molecule has 0 aromatic carbocycles. The van der Waals surface area contributed by atoms with Gasteiger partial charge in [-0.05, 0) is 34.1 Å². The first-order valence-corrected chi connectivity index (χ1v) is 9.54. The average Bonchev–Trinajstić information content (AvgIpc) is 2.89. The summed E-state index contributed by atoms with van der Waals surface area (Å²) in [6.07, 6.45) is 0.761. The molecule has 0 spiro atoms. The molecule has 1 aromatic heterocycles. The van der Waals surface area contributed by atoms with Crippen molar-refractivity contribution in [2.45, 2.75) is 78.1 Å². The maximum Gasteiger partial charge on any atom is 0.245 e. The number of hydrogen-bond donors (Lipinski definition) is 1. The Hall–Kier alpha value is -1.56. The van der Waals surface area contributed by atoms with Gasteiger partial charge < -0.3 is 10.2 Å². The summed E-state index contributed by atoms with van der Waals surface area (Å²) in [4.78, 5) is 26.2. The first-order valence-electron chi connectivity index (χ1n) is 9.11. The fraction of sp³-hybridized carbons (Fsp3) is 0.737. The molecule has 0 bridgehead atoms. The van der Waals surface area contributed by atoms with E-state index in [1.807, 2.05) is 38.4 Å². The summed E-state index contributed by atoms with van der Waals surface area (Å²) in [6.45, 7) is 16.4. The van der Waals surface area contributed by atoms with Crippen molar-refractivity contribution in [2.75, 3.05) is 18.4 Å². The van der Waals surface area contributed by atoms with Crippen molar-refractivity contribution in [3.05, 3.63) is 11.8 Å². The standard InChI is InChI=1S/C19H33ClN4O2/c1-9-10-23(17(26)13(2)20)12-16(25)21-15-11-14(18(3,4)5)22-24(15)19(6,7)8/h11,13H,9-10,12H2,1-8H3,(H,21,25). The van der Waals surface area contributed by atoms with Crippen LogP contribution in [0, 0.1) is 0 Å². The summed E-state index contributed by atoms with van der Waals surface area (Å²) in [5.41, 5.74) is 0.489. The molecule has 1 rings (SSSR count). The highest BCUT2D eigenvalue weighted by Gasteiger charge is 2.27. The van der Waals surface area contributed by atoms with Crippen LogP contribution in [0.15, 0.2) is 6.07 Å². The first-order chi connectivity index (χ1) is 11.8. The van der Waals surface area contributed by atoms with E-state index in [-0.39, 0.29) is 29.3 Å². The normalized spacial score (nSPS) is 13.4. The summed E-state index contributed by atoms with van der Waals surface area (Å²) in [5.74, 6) is 0.147. The summed E-state index contributed by atoms with van der Waals surface area (Å²) in [5, 5.41) is 6.95. The van der Waals surface area contributed by atoms with E-state index in [4.69, 9.17) is 11.6 Å². The Morgan fingerprint density at radius 2 is 1.85 bits per heavy atom. The highest BCUT2D eigenvalue weighted by atomic mass is 35.5. The van der Waals surface area contributed by atoms with Gasteiger partial charge in [0.15, 0.2) is 0 Å². The van der Waals surface area contributed by atoms with Gasteiger partial charge in [-0.1, -0.05) is 27.7 Å². The molecular formula is C19H33ClN4O2. The Morgan fingerprint density at radius 1 is 1.27 bits per heavy atom. The maximum absolute atomic E-state index is 12.6. The predicted molar refractivity (Wildman–Crippen MR) is 107 cm³/mol. The fourth-order valence-electron chi connectivity index (χ4n) is 2.49. The van der Waals surface area contributed by atoms with Gasteiger partial charge in [0, 0.05) is 18.0 Å². The minimum absolute atomic E-state index is 0.0239. The van der Waals surface area contributed by atoms with E-state index in [9.17, 15) is 9.59 Å². The number of nitrogens with zero attached hydrogens (tertiary/aromatic N) is 3. The number of amides is 2. The zero-order chi connectivity index (χ0) is 20.3. The van der Waals surface area contributed by atoms with Crippen LogP contribution >= 0.6 is 11.6 Å². The first kappa shape index (κ1) is 22.5. The zero-order valence-electron chi connectivity index (χ0n) is 17.3. The van der Waals surface area contributed by atoms with Gasteiger partial charge in [0.05, 0.1) is 17.8 Å². The number of alkyl halides is 1. The molecule has 2 amide bonds. The van der Waals surface area contributed by atoms with Gasteiger partial charge in [0.2, 0.25) is 11.8 Å². The third kappa shape index (κ3) is 6.01. The third-order valence-corrected chi connectivity index (χ3v) is 4.05. The van der Waals surface area contributed by atoms with Crippen molar-refractivity contribution in [3.8, 4) is 0 Å². The van der Waals surface area contributed by atoms with E-state index in [2.05, 4.69) is 31.2 Å². The molecule has 26 heavy (non-hydrogen) atoms. The van der Waals surface area contributed by atoms with Crippen LogP contribution in [0.1, 0.15) is 67.5 Å². The number of nitrogens with one attached hydrogen (secondary N) is 1. The Labute approximate surface area is 162 Å². The van der Waals surface area contributed by atoms with Crippen molar-refractivity contribution in [2.24, 2.45) is 0 Å². The van der Waals surface area contributed by atoms with Crippen molar-refractivity contribution < 1.29 is 9.59 Å². The van der Waals surface area contributed by atoms with E-state index in [0.29, 0.717) is 12.4 Å². The molecule has 1 atom stereocenters. The van der Waals surface area contributed by atoms with Crippen molar-refractivity contribution >= 4 is 29.2 Å². The Bertz CT molecular complexity index is 639. The molecule has 1 aromatic rings. The van der Waals surface area contributed by atoms with Crippen LogP contribution in [0.4, 0.5) is 5.82 Å². The molecule has 1 unspecified atom stereocenters. The molecule has 0 saturated heterocycles. The second-order valence-electron chi connectivity index (χ2n) is 8.67. The quantitative estimate of drug-likeness (QED) is 0.759. The molecule has 1 N–H and O–H groups in total. The van der Waals surface area contributed by atoms with Gasteiger partial charge in [-0.25, -0.2) is 4.68 Å². The van der Waals surface area contributed by atoms with Crippen molar-refractivity contribution in [1.82, 2.24) is 14.7 Å². The van der Waals surface area contributed by atoms with E-state index >= 15 is 0 Å². The number of halogens is 1. The lowest BCUT2D eigenvalue weighted by molar-refractivity contribution is -0.134. The second-order valence-corrected chi connectivity index (χ2v) is 9.33. The van der Waals surface area contributed by atoms with Gasteiger partial charge in [0.25, 0.3) is 0 Å². The largest absolute Gasteiger partial charge is 0.332 e. The van der Waals surface area contributed by atoms with Gasteiger partial charge >= 0.3 is 0 Å². The molecule has 7 heteroatoms. The topological polar surface area (TPSA) is 67.2 Å². The number of hydrogen-bond acceptors (Lipinski definition) is 3. The molecule has 0 fully saturated rings. The van der Waals surface area contributed by atoms with E-state index in [1.165, 1.54) is 4.90 Å². The summed E-state index contributed by atoms with van der Waals surface area (Å²) < 4.78 is 1.82. The minimum Gasteiger partial charge on any atom is -0.332 e. The molecular weight excluding hydrogens is 352 g/mol. The van der Waals surface area contributed by atoms with Gasteiger partial charge in [-0.2, -0.15) is 5.10 Å². The number of aromatic nitrogens is 2. The summed E-state index contributed by atoms with van der Waals surface area (Å²) >= 11 is 5.90. The lowest BCUT2D eigenvalue weighted by atomic mass is 9.92. The minimum atomic E-state index is -0.651. The van der Waals surface area contributed by atoms with Gasteiger partial charge in [0.1, 0.15) is 11.2 Å². The van der Waals surface area contributed by atoms with Crippen LogP contribution in [0.3, 0.4) is 0 Å². The van der Waals surface area contributed by atoms with E-state index in [1.54, 1.807) is 6.92 Å². The monoisotopic (exact) mass is 384 g/mol. The average molecular weight is 385 g/mol. The van der Waals surface area contributed by atoms with Gasteiger partial charge in [-0.3, -0.25) is 9.59 Å². The Balaban J connectivity index is 3.04. The van der Waals surface area contributed by atoms with Crippen molar-refractivity contribution in [1.29, 1.82) is 0 Å². The molecule has 148 valence electrons. The molecule has 0 radical (unpaired) electrons. The predicted octanol–water partition coefficient (Wildman–Crippen LogP) is 3.74. The number of rotatable bonds is 6. The smallest absolute Gasteiger partial charge is 0.245 e. The van der Waals surface area contributed by atoms with Crippen LogP contribution in [0.5, 0.6) is 0 Å². The second kappa shape index (κ2) is 8.42. The molecule has 0 aliphatic heterocycles. The van der Waals surface area contributed by atoms with E-state index < -0.39 is 5.38 Å². The van der Waals surface area contributed by atoms with Crippen molar-refractivity contribution in [3.63, 3.8) is 0 Å². The summed E-state index contributed by atoms with van der Waals surface area (Å²) in [7, 11) is 0. The number of anilines is 1. The zero-order valence-corrected chi connectivity index (χ0v) is 18.1. The molecule has 6 nitrogen and oxygen atoms in total.